The average Bonchev–Trinajstić information content (AvgIpc) is 3.17. The summed E-state index contributed by atoms with van der Waals surface area (Å²) in [6.07, 6.45) is -3.42. The highest BCUT2D eigenvalue weighted by molar-refractivity contribution is 7.92. The number of alkyl halides is 3. The van der Waals surface area contributed by atoms with Gasteiger partial charge in [0.2, 0.25) is 0 Å². The van der Waals surface area contributed by atoms with Crippen LogP contribution < -0.4 is 9.73 Å². The second kappa shape index (κ2) is 9.94. The van der Waals surface area contributed by atoms with E-state index >= 15 is 0 Å². The number of rotatable bonds is 7. The van der Waals surface area contributed by atoms with E-state index in [1.807, 2.05) is 18.4 Å². The molecule has 3 aromatic rings. The molecule has 1 amide bonds. The van der Waals surface area contributed by atoms with Gasteiger partial charge in [0.1, 0.15) is 6.54 Å². The molecular weight excluding hydrogens is 499 g/mol. The molecule has 1 N–H and O–H groups in total. The fourth-order valence-electron chi connectivity index (χ4n) is 2.77. The number of halogens is 4. The fraction of sp³-hybridized carbons (Fsp3) is 0.143. The Balaban J connectivity index is 1.95. The van der Waals surface area contributed by atoms with Crippen molar-refractivity contribution < 1.29 is 26.4 Å². The quantitative estimate of drug-likeness (QED) is 0.352. The number of hydrogen-bond donors (Lipinski definition) is 1. The van der Waals surface area contributed by atoms with Crippen molar-refractivity contribution in [2.24, 2.45) is 5.10 Å². The largest absolute Gasteiger partial charge is 0.417 e. The molecule has 2 aromatic carbocycles. The molecule has 0 fully saturated rings. The third kappa shape index (κ3) is 5.92. The third-order valence-corrected chi connectivity index (χ3v) is 7.51. The van der Waals surface area contributed by atoms with E-state index in [9.17, 15) is 26.4 Å². The summed E-state index contributed by atoms with van der Waals surface area (Å²) in [5.74, 6) is -0.844. The average molecular weight is 516 g/mol. The number of thiophene rings is 1. The van der Waals surface area contributed by atoms with E-state index in [4.69, 9.17) is 11.6 Å². The minimum Gasteiger partial charge on any atom is -0.271 e. The summed E-state index contributed by atoms with van der Waals surface area (Å²) in [6.45, 7) is 1.05. The van der Waals surface area contributed by atoms with Crippen LogP contribution in [0.1, 0.15) is 16.0 Å². The Hall–Kier alpha value is -2.89. The number of hydrazone groups is 1. The number of amides is 1. The molecule has 0 aliphatic heterocycles. The summed E-state index contributed by atoms with van der Waals surface area (Å²) >= 11 is 7.06. The van der Waals surface area contributed by atoms with Crippen LogP contribution in [0, 0.1) is 6.92 Å². The minimum absolute atomic E-state index is 0.195. The zero-order chi connectivity index (χ0) is 24.2. The highest BCUT2D eigenvalue weighted by Crippen LogP contribution is 2.38. The van der Waals surface area contributed by atoms with E-state index in [0.717, 1.165) is 22.6 Å². The molecule has 0 saturated heterocycles. The molecule has 0 unspecified atom stereocenters. The Kier molecular flexibility index (Phi) is 7.45. The number of carbonyl (C=O) groups excluding carboxylic acids is 1. The van der Waals surface area contributed by atoms with Crippen LogP contribution in [-0.4, -0.2) is 27.1 Å². The van der Waals surface area contributed by atoms with Crippen LogP contribution in [0.2, 0.25) is 5.02 Å². The van der Waals surface area contributed by atoms with Gasteiger partial charge < -0.3 is 0 Å². The van der Waals surface area contributed by atoms with E-state index < -0.39 is 39.2 Å². The van der Waals surface area contributed by atoms with E-state index in [2.05, 4.69) is 10.5 Å². The van der Waals surface area contributed by atoms with Crippen molar-refractivity contribution in [2.75, 3.05) is 10.8 Å². The van der Waals surface area contributed by atoms with Crippen LogP contribution in [0.25, 0.3) is 0 Å². The van der Waals surface area contributed by atoms with Crippen molar-refractivity contribution in [3.63, 3.8) is 0 Å². The maximum atomic E-state index is 13.4. The summed E-state index contributed by atoms with van der Waals surface area (Å²) in [5, 5.41) is 5.06. The first-order chi connectivity index (χ1) is 15.5. The van der Waals surface area contributed by atoms with Gasteiger partial charge in [0.25, 0.3) is 15.9 Å². The topological polar surface area (TPSA) is 78.8 Å². The van der Waals surface area contributed by atoms with Crippen molar-refractivity contribution in [1.29, 1.82) is 0 Å². The maximum Gasteiger partial charge on any atom is 0.417 e. The van der Waals surface area contributed by atoms with Crippen LogP contribution in [0.3, 0.4) is 0 Å². The van der Waals surface area contributed by atoms with E-state index in [1.54, 1.807) is 6.07 Å². The molecule has 0 saturated carbocycles. The predicted octanol–water partition coefficient (Wildman–Crippen LogP) is 5.07. The Morgan fingerprint density at radius 1 is 1.18 bits per heavy atom. The molecule has 0 spiro atoms. The minimum atomic E-state index is -4.82. The molecular formula is C21H17ClF3N3O3S2. The van der Waals surface area contributed by atoms with Gasteiger partial charge in [0.05, 0.1) is 27.4 Å². The van der Waals surface area contributed by atoms with Crippen molar-refractivity contribution in [2.45, 2.75) is 18.0 Å². The van der Waals surface area contributed by atoms with Gasteiger partial charge in [-0.1, -0.05) is 29.8 Å². The first-order valence-corrected chi connectivity index (χ1v) is 12.0. The first-order valence-electron chi connectivity index (χ1n) is 9.30. The molecule has 0 aliphatic carbocycles. The van der Waals surface area contributed by atoms with Gasteiger partial charge in [-0.3, -0.25) is 9.10 Å². The van der Waals surface area contributed by atoms with Crippen LogP contribution in [-0.2, 0) is 21.0 Å². The number of hydrogen-bond acceptors (Lipinski definition) is 5. The molecule has 1 heterocycles. The summed E-state index contributed by atoms with van der Waals surface area (Å²) in [7, 11) is -4.39. The lowest BCUT2D eigenvalue weighted by Gasteiger charge is -2.24. The molecule has 6 nitrogen and oxygen atoms in total. The molecule has 0 aliphatic rings. The molecule has 0 radical (unpaired) electrons. The lowest BCUT2D eigenvalue weighted by atomic mass is 10.2. The Morgan fingerprint density at radius 3 is 2.48 bits per heavy atom. The summed E-state index contributed by atoms with van der Waals surface area (Å²) in [5.41, 5.74) is 1.56. The summed E-state index contributed by atoms with van der Waals surface area (Å²) in [6, 6.07) is 11.5. The van der Waals surface area contributed by atoms with Gasteiger partial charge in [-0.05, 0) is 54.3 Å². The monoisotopic (exact) mass is 515 g/mol. The molecule has 3 rings (SSSR count). The molecule has 0 atom stereocenters. The molecule has 1 aromatic heterocycles. The Labute approximate surface area is 197 Å². The molecule has 174 valence electrons. The van der Waals surface area contributed by atoms with Gasteiger partial charge in [-0.25, -0.2) is 13.8 Å². The number of nitrogens with one attached hydrogen (secondary N) is 1. The zero-order valence-corrected chi connectivity index (χ0v) is 19.4. The Morgan fingerprint density at radius 2 is 1.88 bits per heavy atom. The summed E-state index contributed by atoms with van der Waals surface area (Å²) < 4.78 is 67.1. The van der Waals surface area contributed by atoms with Crippen LogP contribution >= 0.6 is 22.9 Å². The van der Waals surface area contributed by atoms with Gasteiger partial charge >= 0.3 is 6.18 Å². The van der Waals surface area contributed by atoms with Gasteiger partial charge in [-0.15, -0.1) is 11.3 Å². The van der Waals surface area contributed by atoms with Gasteiger partial charge in [0.15, 0.2) is 0 Å². The maximum absolute atomic E-state index is 13.4. The van der Waals surface area contributed by atoms with Crippen LogP contribution in [0.4, 0.5) is 18.9 Å². The number of benzene rings is 2. The first kappa shape index (κ1) is 24.7. The highest BCUT2D eigenvalue weighted by Gasteiger charge is 2.35. The predicted molar refractivity (Wildman–Crippen MR) is 122 cm³/mol. The van der Waals surface area contributed by atoms with Crippen LogP contribution in [0.15, 0.2) is 70.0 Å². The Bertz CT molecular complexity index is 1280. The number of carbonyl (C=O) groups is 1. The van der Waals surface area contributed by atoms with Gasteiger partial charge in [0, 0.05) is 4.88 Å². The van der Waals surface area contributed by atoms with Crippen molar-refractivity contribution in [3.8, 4) is 0 Å². The SMILES string of the molecule is Cc1ccsc1/C=N/NC(=O)CN(c1ccc(Cl)c(C(F)(F)F)c1)S(=O)(=O)c1ccccc1. The summed E-state index contributed by atoms with van der Waals surface area (Å²) in [4.78, 5) is 13.1. The number of aryl methyl sites for hydroxylation is 1. The molecule has 33 heavy (non-hydrogen) atoms. The molecule has 12 heteroatoms. The second-order valence-corrected chi connectivity index (χ2v) is 9.96. The number of anilines is 1. The number of nitrogens with zero attached hydrogens (tertiary/aromatic N) is 2. The normalized spacial score (nSPS) is 12.2. The van der Waals surface area contributed by atoms with Crippen molar-refractivity contribution >= 4 is 50.8 Å². The zero-order valence-electron chi connectivity index (χ0n) is 17.0. The van der Waals surface area contributed by atoms with E-state index in [1.165, 1.54) is 41.8 Å². The standard InChI is InChI=1S/C21H17ClF3N3O3S2/c1-14-9-10-32-19(14)12-26-27-20(29)13-28(33(30,31)16-5-3-2-4-6-16)15-7-8-18(22)17(11-15)21(23,24)25/h2-12H,13H2,1H3,(H,27,29)/b26-12+. The lowest BCUT2D eigenvalue weighted by Crippen LogP contribution is -2.39. The lowest BCUT2D eigenvalue weighted by molar-refractivity contribution is -0.137. The smallest absolute Gasteiger partial charge is 0.271 e. The molecule has 0 bridgehead atoms. The number of sulfonamides is 1. The van der Waals surface area contributed by atoms with E-state index in [-0.39, 0.29) is 10.6 Å². The highest BCUT2D eigenvalue weighted by atomic mass is 35.5. The van der Waals surface area contributed by atoms with Gasteiger partial charge in [-0.2, -0.15) is 18.3 Å². The van der Waals surface area contributed by atoms with Crippen LogP contribution in [0.5, 0.6) is 0 Å². The van der Waals surface area contributed by atoms with Crippen molar-refractivity contribution in [3.05, 3.63) is 81.0 Å². The second-order valence-electron chi connectivity index (χ2n) is 6.75. The third-order valence-electron chi connectivity index (χ3n) is 4.43. The fourth-order valence-corrected chi connectivity index (χ4v) is 5.21. The van der Waals surface area contributed by atoms with E-state index in [0.29, 0.717) is 10.4 Å². The van der Waals surface area contributed by atoms with Crippen molar-refractivity contribution in [1.82, 2.24) is 5.43 Å².